The van der Waals surface area contributed by atoms with Crippen molar-refractivity contribution >= 4 is 39.1 Å². The van der Waals surface area contributed by atoms with E-state index in [4.69, 9.17) is 23.2 Å². The molecule has 1 saturated heterocycles. The summed E-state index contributed by atoms with van der Waals surface area (Å²) in [4.78, 5) is 17.4. The molecule has 0 atom stereocenters. The summed E-state index contributed by atoms with van der Waals surface area (Å²) < 4.78 is 27.7. The summed E-state index contributed by atoms with van der Waals surface area (Å²) in [6.07, 6.45) is 3.35. The first-order valence-corrected chi connectivity index (χ1v) is 12.9. The smallest absolute Gasteiger partial charge is 0.240 e. The number of halogens is 2. The minimum atomic E-state index is -3.63. The zero-order chi connectivity index (χ0) is 21.9. The summed E-state index contributed by atoms with van der Waals surface area (Å²) in [6, 6.07) is 4.81. The molecule has 2 aliphatic rings. The van der Waals surface area contributed by atoms with E-state index in [1.54, 1.807) is 0 Å². The van der Waals surface area contributed by atoms with Crippen LogP contribution in [0.4, 0.5) is 0 Å². The third-order valence-electron chi connectivity index (χ3n) is 6.32. The SMILES string of the molecule is CC(C)N1CCN(C(=O)C2CCC(CNS(=O)(=O)c3ccc(Cl)c(Cl)c3)CC2)CC1. The Morgan fingerprint density at radius 3 is 2.27 bits per heavy atom. The summed E-state index contributed by atoms with van der Waals surface area (Å²) >= 11 is 11.8. The van der Waals surface area contributed by atoms with E-state index >= 15 is 0 Å². The quantitative estimate of drug-likeness (QED) is 0.681. The van der Waals surface area contributed by atoms with Crippen LogP contribution in [-0.2, 0) is 14.8 Å². The zero-order valence-electron chi connectivity index (χ0n) is 17.6. The molecule has 1 aromatic carbocycles. The lowest BCUT2D eigenvalue weighted by molar-refractivity contribution is -0.138. The van der Waals surface area contributed by atoms with Gasteiger partial charge in [-0.1, -0.05) is 23.2 Å². The van der Waals surface area contributed by atoms with Gasteiger partial charge in [-0.2, -0.15) is 0 Å². The van der Waals surface area contributed by atoms with Crippen LogP contribution in [0.2, 0.25) is 10.0 Å². The summed E-state index contributed by atoms with van der Waals surface area (Å²) in [7, 11) is -3.63. The van der Waals surface area contributed by atoms with Crippen molar-refractivity contribution in [1.29, 1.82) is 0 Å². The molecule has 6 nitrogen and oxygen atoms in total. The van der Waals surface area contributed by atoms with Gasteiger partial charge in [-0.05, 0) is 63.6 Å². The fourth-order valence-corrected chi connectivity index (χ4v) is 5.79. The van der Waals surface area contributed by atoms with E-state index in [1.807, 2.05) is 4.90 Å². The van der Waals surface area contributed by atoms with Gasteiger partial charge in [-0.25, -0.2) is 13.1 Å². The molecule has 1 heterocycles. The van der Waals surface area contributed by atoms with E-state index in [0.717, 1.165) is 51.9 Å². The lowest BCUT2D eigenvalue weighted by Gasteiger charge is -2.39. The molecule has 1 amide bonds. The van der Waals surface area contributed by atoms with Gasteiger partial charge in [0.25, 0.3) is 0 Å². The standard InChI is InChI=1S/C21H31Cl2N3O3S/c1-15(2)25-9-11-26(12-10-25)21(27)17-5-3-16(4-6-17)14-24-30(28,29)18-7-8-19(22)20(23)13-18/h7-8,13,15-17,24H,3-6,9-12,14H2,1-2H3. The maximum Gasteiger partial charge on any atom is 0.240 e. The van der Waals surface area contributed by atoms with E-state index in [2.05, 4.69) is 23.5 Å². The Kier molecular flexibility index (Phi) is 8.07. The molecule has 1 aliphatic heterocycles. The summed E-state index contributed by atoms with van der Waals surface area (Å²) in [6.45, 7) is 8.24. The van der Waals surface area contributed by atoms with E-state index in [1.165, 1.54) is 18.2 Å². The molecule has 0 radical (unpaired) electrons. The second-order valence-electron chi connectivity index (χ2n) is 8.60. The summed E-state index contributed by atoms with van der Waals surface area (Å²) in [5.41, 5.74) is 0. The van der Waals surface area contributed by atoms with Crippen LogP contribution in [0.5, 0.6) is 0 Å². The Morgan fingerprint density at radius 2 is 1.70 bits per heavy atom. The highest BCUT2D eigenvalue weighted by atomic mass is 35.5. The van der Waals surface area contributed by atoms with Crippen molar-refractivity contribution in [2.24, 2.45) is 11.8 Å². The van der Waals surface area contributed by atoms with Crippen molar-refractivity contribution in [3.63, 3.8) is 0 Å². The minimum Gasteiger partial charge on any atom is -0.340 e. The average molecular weight is 476 g/mol. The first kappa shape index (κ1) is 23.8. The third kappa shape index (κ3) is 5.88. The third-order valence-corrected chi connectivity index (χ3v) is 8.48. The number of carbonyl (C=O) groups excluding carboxylic acids is 1. The Bertz CT molecular complexity index is 847. The van der Waals surface area contributed by atoms with E-state index in [9.17, 15) is 13.2 Å². The van der Waals surface area contributed by atoms with Gasteiger partial charge in [0.15, 0.2) is 0 Å². The molecule has 2 fully saturated rings. The molecular formula is C21H31Cl2N3O3S. The first-order valence-electron chi connectivity index (χ1n) is 10.6. The predicted molar refractivity (Wildman–Crippen MR) is 120 cm³/mol. The Balaban J connectivity index is 1.45. The monoisotopic (exact) mass is 475 g/mol. The van der Waals surface area contributed by atoms with Crippen LogP contribution in [-0.4, -0.2) is 62.9 Å². The van der Waals surface area contributed by atoms with E-state index in [-0.39, 0.29) is 27.7 Å². The number of amides is 1. The number of piperazine rings is 1. The molecule has 0 unspecified atom stereocenters. The first-order chi connectivity index (χ1) is 14.2. The molecule has 3 rings (SSSR count). The van der Waals surface area contributed by atoms with Gasteiger partial charge >= 0.3 is 0 Å². The predicted octanol–water partition coefficient (Wildman–Crippen LogP) is 3.63. The van der Waals surface area contributed by atoms with Crippen molar-refractivity contribution in [1.82, 2.24) is 14.5 Å². The molecule has 0 bridgehead atoms. The van der Waals surface area contributed by atoms with Crippen LogP contribution < -0.4 is 4.72 Å². The van der Waals surface area contributed by atoms with Crippen molar-refractivity contribution in [3.05, 3.63) is 28.2 Å². The number of nitrogens with one attached hydrogen (secondary N) is 1. The molecule has 30 heavy (non-hydrogen) atoms. The molecule has 9 heteroatoms. The molecule has 1 aromatic rings. The van der Waals surface area contributed by atoms with E-state index < -0.39 is 10.0 Å². The van der Waals surface area contributed by atoms with Gasteiger partial charge < -0.3 is 4.90 Å². The molecule has 168 valence electrons. The number of hydrogen-bond acceptors (Lipinski definition) is 4. The average Bonchev–Trinajstić information content (AvgIpc) is 2.74. The molecule has 1 saturated carbocycles. The van der Waals surface area contributed by atoms with Crippen LogP contribution >= 0.6 is 23.2 Å². The fraction of sp³-hybridized carbons (Fsp3) is 0.667. The van der Waals surface area contributed by atoms with Crippen LogP contribution in [0, 0.1) is 11.8 Å². The summed E-state index contributed by atoms with van der Waals surface area (Å²) in [5.74, 6) is 0.580. The second kappa shape index (κ2) is 10.2. The molecule has 0 spiro atoms. The minimum absolute atomic E-state index is 0.0681. The Morgan fingerprint density at radius 1 is 1.07 bits per heavy atom. The number of sulfonamides is 1. The maximum atomic E-state index is 12.9. The van der Waals surface area contributed by atoms with Crippen molar-refractivity contribution in [2.45, 2.75) is 50.5 Å². The number of nitrogens with zero attached hydrogens (tertiary/aromatic N) is 2. The zero-order valence-corrected chi connectivity index (χ0v) is 19.9. The summed E-state index contributed by atoms with van der Waals surface area (Å²) in [5, 5.41) is 0.539. The van der Waals surface area contributed by atoms with Crippen LogP contribution in [0.1, 0.15) is 39.5 Å². The van der Waals surface area contributed by atoms with Crippen LogP contribution in [0.15, 0.2) is 23.1 Å². The lowest BCUT2D eigenvalue weighted by atomic mass is 9.81. The van der Waals surface area contributed by atoms with Crippen molar-refractivity contribution in [3.8, 4) is 0 Å². The highest BCUT2D eigenvalue weighted by Gasteiger charge is 2.31. The second-order valence-corrected chi connectivity index (χ2v) is 11.2. The van der Waals surface area contributed by atoms with Crippen molar-refractivity contribution < 1.29 is 13.2 Å². The Labute approximate surface area is 189 Å². The number of rotatable bonds is 6. The maximum absolute atomic E-state index is 12.9. The highest BCUT2D eigenvalue weighted by molar-refractivity contribution is 7.89. The van der Waals surface area contributed by atoms with E-state index in [0.29, 0.717) is 17.6 Å². The van der Waals surface area contributed by atoms with Crippen LogP contribution in [0.25, 0.3) is 0 Å². The topological polar surface area (TPSA) is 69.7 Å². The van der Waals surface area contributed by atoms with Gasteiger partial charge in [0.2, 0.25) is 15.9 Å². The molecule has 0 aromatic heterocycles. The van der Waals surface area contributed by atoms with Gasteiger partial charge in [-0.3, -0.25) is 9.69 Å². The molecule has 1 N–H and O–H groups in total. The normalized spacial score (nSPS) is 23.7. The van der Waals surface area contributed by atoms with Crippen molar-refractivity contribution in [2.75, 3.05) is 32.7 Å². The highest BCUT2D eigenvalue weighted by Crippen LogP contribution is 2.31. The largest absolute Gasteiger partial charge is 0.340 e. The van der Waals surface area contributed by atoms with Gasteiger partial charge in [0, 0.05) is 44.7 Å². The molecule has 1 aliphatic carbocycles. The van der Waals surface area contributed by atoms with Gasteiger partial charge in [0.05, 0.1) is 14.9 Å². The van der Waals surface area contributed by atoms with Crippen LogP contribution in [0.3, 0.4) is 0 Å². The van der Waals surface area contributed by atoms with Gasteiger partial charge in [0.1, 0.15) is 0 Å². The molecular weight excluding hydrogens is 445 g/mol. The number of benzene rings is 1. The number of carbonyl (C=O) groups is 1. The Hall–Kier alpha value is -0.860. The lowest BCUT2D eigenvalue weighted by Crippen LogP contribution is -2.52. The number of hydrogen-bond donors (Lipinski definition) is 1. The van der Waals surface area contributed by atoms with Gasteiger partial charge in [-0.15, -0.1) is 0 Å². The fourth-order valence-electron chi connectivity index (χ4n) is 4.29.